The number of methoxy groups -OCH3 is 1. The number of nitrogens with zero attached hydrogens (tertiary/aromatic N) is 2. The molecule has 27 heavy (non-hydrogen) atoms. The summed E-state index contributed by atoms with van der Waals surface area (Å²) < 4.78 is 5.11. The Hall–Kier alpha value is -2.36. The Morgan fingerprint density at radius 1 is 1.11 bits per heavy atom. The van der Waals surface area contributed by atoms with Gasteiger partial charge in [-0.1, -0.05) is 18.2 Å². The molecule has 8 heteroatoms. The van der Waals surface area contributed by atoms with Gasteiger partial charge in [0, 0.05) is 38.4 Å². The predicted octanol–water partition coefficient (Wildman–Crippen LogP) is 1.73. The van der Waals surface area contributed by atoms with Crippen LogP contribution in [-0.2, 0) is 17.8 Å². The van der Waals surface area contributed by atoms with Gasteiger partial charge in [0.25, 0.3) is 0 Å². The van der Waals surface area contributed by atoms with Crippen LogP contribution in [0.4, 0.5) is 0 Å². The van der Waals surface area contributed by atoms with Gasteiger partial charge in [0.15, 0.2) is 5.96 Å². The average molecular weight is 483 g/mol. The largest absolute Gasteiger partial charge is 0.497 e. The van der Waals surface area contributed by atoms with Crippen molar-refractivity contribution >= 4 is 35.8 Å². The summed E-state index contributed by atoms with van der Waals surface area (Å²) in [5.41, 5.74) is 2.02. The first-order valence-corrected chi connectivity index (χ1v) is 8.45. The van der Waals surface area contributed by atoms with Crippen LogP contribution in [-0.4, -0.2) is 44.1 Å². The van der Waals surface area contributed by atoms with E-state index in [9.17, 15) is 4.79 Å². The van der Waals surface area contributed by atoms with Gasteiger partial charge in [0.1, 0.15) is 5.75 Å². The van der Waals surface area contributed by atoms with Gasteiger partial charge in [-0.3, -0.25) is 14.8 Å². The summed E-state index contributed by atoms with van der Waals surface area (Å²) in [6.07, 6.45) is 2.56. The number of pyridine rings is 1. The summed E-state index contributed by atoms with van der Waals surface area (Å²) in [6, 6.07) is 13.4. The van der Waals surface area contributed by atoms with E-state index in [0.29, 0.717) is 19.0 Å². The van der Waals surface area contributed by atoms with E-state index in [0.717, 1.165) is 23.4 Å². The minimum absolute atomic E-state index is 0. The fourth-order valence-corrected chi connectivity index (χ4v) is 2.25. The number of benzene rings is 1. The number of aromatic nitrogens is 1. The lowest BCUT2D eigenvalue weighted by Crippen LogP contribution is -2.43. The third kappa shape index (κ3) is 8.72. The van der Waals surface area contributed by atoms with Crippen molar-refractivity contribution in [1.29, 1.82) is 0 Å². The molecule has 0 fully saturated rings. The van der Waals surface area contributed by atoms with E-state index in [-0.39, 0.29) is 36.4 Å². The molecular formula is C19H26IN5O2. The lowest BCUT2D eigenvalue weighted by molar-refractivity contribution is -0.120. The normalized spacial score (nSPS) is 10.5. The number of rotatable bonds is 8. The molecule has 0 bridgehead atoms. The molecule has 0 saturated carbocycles. The van der Waals surface area contributed by atoms with Gasteiger partial charge in [-0.25, -0.2) is 0 Å². The number of amides is 1. The number of carbonyl (C=O) groups is 1. The highest BCUT2D eigenvalue weighted by Gasteiger charge is 2.04. The molecule has 7 nitrogen and oxygen atoms in total. The van der Waals surface area contributed by atoms with Crippen molar-refractivity contribution < 1.29 is 9.53 Å². The van der Waals surface area contributed by atoms with Crippen LogP contribution < -0.4 is 20.7 Å². The zero-order valence-corrected chi connectivity index (χ0v) is 17.9. The summed E-state index contributed by atoms with van der Waals surface area (Å²) in [7, 11) is 3.30. The highest BCUT2D eigenvalue weighted by atomic mass is 127. The number of carbonyl (C=O) groups excluding carboxylic acids is 1. The van der Waals surface area contributed by atoms with Gasteiger partial charge in [-0.2, -0.15) is 0 Å². The predicted molar refractivity (Wildman–Crippen MR) is 118 cm³/mol. The molecule has 0 saturated heterocycles. The lowest BCUT2D eigenvalue weighted by Gasteiger charge is -2.12. The Labute approximate surface area is 177 Å². The van der Waals surface area contributed by atoms with Crippen molar-refractivity contribution in [3.8, 4) is 5.75 Å². The van der Waals surface area contributed by atoms with Crippen LogP contribution in [0.15, 0.2) is 53.7 Å². The molecular weight excluding hydrogens is 457 g/mol. The second-order valence-electron chi connectivity index (χ2n) is 5.55. The Morgan fingerprint density at radius 2 is 1.89 bits per heavy atom. The molecule has 0 spiro atoms. The Kier molecular flexibility index (Phi) is 10.8. The Balaban J connectivity index is 0.00000364. The van der Waals surface area contributed by atoms with Gasteiger partial charge in [-0.15, -0.1) is 24.0 Å². The van der Waals surface area contributed by atoms with Crippen LogP contribution in [0.3, 0.4) is 0 Å². The first-order valence-electron chi connectivity index (χ1n) is 8.45. The number of halogens is 1. The number of nitrogens with one attached hydrogen (secondary N) is 3. The van der Waals surface area contributed by atoms with Crippen molar-refractivity contribution in [3.05, 3.63) is 59.9 Å². The standard InChI is InChI=1S/C19H25N5O2.HI/c1-20-19(22-12-10-16-5-3-4-11-21-16)24-14-18(25)23-13-15-6-8-17(26-2)9-7-15;/h3-9,11H,10,12-14H2,1-2H3,(H,23,25)(H2,20,22,24);1H. The number of aliphatic imine (C=N–C) groups is 1. The van der Waals surface area contributed by atoms with Crippen molar-refractivity contribution in [2.45, 2.75) is 13.0 Å². The Bertz CT molecular complexity index is 708. The molecule has 1 amide bonds. The number of guanidine groups is 1. The van der Waals surface area contributed by atoms with Crippen molar-refractivity contribution in [2.75, 3.05) is 27.2 Å². The third-order valence-corrected chi connectivity index (χ3v) is 3.69. The molecule has 3 N–H and O–H groups in total. The van der Waals surface area contributed by atoms with Gasteiger partial charge < -0.3 is 20.7 Å². The monoisotopic (exact) mass is 483 g/mol. The summed E-state index contributed by atoms with van der Waals surface area (Å²) >= 11 is 0. The number of ether oxygens (including phenoxy) is 1. The maximum Gasteiger partial charge on any atom is 0.239 e. The first kappa shape index (κ1) is 22.7. The van der Waals surface area contributed by atoms with E-state index in [2.05, 4.69) is 25.9 Å². The minimum Gasteiger partial charge on any atom is -0.497 e. The van der Waals surface area contributed by atoms with Gasteiger partial charge in [0.2, 0.25) is 5.91 Å². The fourth-order valence-electron chi connectivity index (χ4n) is 2.25. The van der Waals surface area contributed by atoms with Crippen LogP contribution in [0.25, 0.3) is 0 Å². The molecule has 2 aromatic rings. The highest BCUT2D eigenvalue weighted by molar-refractivity contribution is 14.0. The molecule has 1 aromatic carbocycles. The number of hydrogen-bond acceptors (Lipinski definition) is 4. The van der Waals surface area contributed by atoms with Crippen LogP contribution in [0.2, 0.25) is 0 Å². The van der Waals surface area contributed by atoms with E-state index < -0.39 is 0 Å². The molecule has 0 atom stereocenters. The Morgan fingerprint density at radius 3 is 2.52 bits per heavy atom. The van der Waals surface area contributed by atoms with Crippen molar-refractivity contribution in [2.24, 2.45) is 4.99 Å². The summed E-state index contributed by atoms with van der Waals surface area (Å²) in [4.78, 5) is 20.3. The van der Waals surface area contributed by atoms with Crippen LogP contribution in [0.5, 0.6) is 5.75 Å². The fraction of sp³-hybridized carbons (Fsp3) is 0.316. The van der Waals surface area contributed by atoms with E-state index in [1.807, 2.05) is 42.5 Å². The highest BCUT2D eigenvalue weighted by Crippen LogP contribution is 2.10. The summed E-state index contributed by atoms with van der Waals surface area (Å²) in [5, 5.41) is 9.02. The zero-order valence-electron chi connectivity index (χ0n) is 15.6. The lowest BCUT2D eigenvalue weighted by atomic mass is 10.2. The van der Waals surface area contributed by atoms with Crippen molar-refractivity contribution in [1.82, 2.24) is 20.9 Å². The minimum atomic E-state index is -0.103. The summed E-state index contributed by atoms with van der Waals surface area (Å²) in [5.74, 6) is 1.27. The van der Waals surface area contributed by atoms with Crippen LogP contribution in [0.1, 0.15) is 11.3 Å². The maximum absolute atomic E-state index is 12.0. The van der Waals surface area contributed by atoms with E-state index in [1.54, 1.807) is 20.4 Å². The average Bonchev–Trinajstić information content (AvgIpc) is 2.70. The molecule has 0 radical (unpaired) electrons. The van der Waals surface area contributed by atoms with Crippen molar-refractivity contribution in [3.63, 3.8) is 0 Å². The van der Waals surface area contributed by atoms with Crippen LogP contribution in [0, 0.1) is 0 Å². The topological polar surface area (TPSA) is 87.6 Å². The molecule has 2 rings (SSSR count). The molecule has 0 aliphatic rings. The molecule has 1 heterocycles. The second kappa shape index (κ2) is 12.9. The first-order chi connectivity index (χ1) is 12.7. The van der Waals surface area contributed by atoms with E-state index in [4.69, 9.17) is 4.74 Å². The quantitative estimate of drug-likeness (QED) is 0.303. The SMILES string of the molecule is CN=C(NCCc1ccccn1)NCC(=O)NCc1ccc(OC)cc1.I. The zero-order chi connectivity index (χ0) is 18.6. The molecule has 146 valence electrons. The summed E-state index contributed by atoms with van der Waals surface area (Å²) in [6.45, 7) is 1.31. The van der Waals surface area contributed by atoms with Gasteiger partial charge >= 0.3 is 0 Å². The van der Waals surface area contributed by atoms with E-state index in [1.165, 1.54) is 0 Å². The number of hydrogen-bond donors (Lipinski definition) is 3. The smallest absolute Gasteiger partial charge is 0.239 e. The molecule has 0 aliphatic heterocycles. The molecule has 0 aliphatic carbocycles. The second-order valence-corrected chi connectivity index (χ2v) is 5.55. The van der Waals surface area contributed by atoms with Gasteiger partial charge in [-0.05, 0) is 29.8 Å². The molecule has 0 unspecified atom stereocenters. The third-order valence-electron chi connectivity index (χ3n) is 3.69. The molecule has 1 aromatic heterocycles. The maximum atomic E-state index is 12.0. The van der Waals surface area contributed by atoms with Crippen LogP contribution >= 0.6 is 24.0 Å². The van der Waals surface area contributed by atoms with E-state index >= 15 is 0 Å². The van der Waals surface area contributed by atoms with Gasteiger partial charge in [0.05, 0.1) is 13.7 Å².